The number of anilines is 1. The van der Waals surface area contributed by atoms with Crippen LogP contribution in [0.25, 0.3) is 0 Å². The lowest BCUT2D eigenvalue weighted by Crippen LogP contribution is -2.54. The molecule has 1 unspecified atom stereocenters. The third-order valence-corrected chi connectivity index (χ3v) is 5.79. The highest BCUT2D eigenvalue weighted by molar-refractivity contribution is 6.37. The molecule has 2 aromatic rings. The topological polar surface area (TPSA) is 153 Å². The van der Waals surface area contributed by atoms with Crippen LogP contribution in [0.2, 0.25) is 0 Å². The second-order valence-electron chi connectivity index (χ2n) is 8.18. The fourth-order valence-corrected chi connectivity index (χ4v) is 3.94. The Hall–Kier alpha value is -5.25. The van der Waals surface area contributed by atoms with Gasteiger partial charge in [-0.3, -0.25) is 29.8 Å². The van der Waals surface area contributed by atoms with Gasteiger partial charge in [0, 0.05) is 5.57 Å². The molecule has 2 aliphatic rings. The Kier molecular flexibility index (Phi) is 6.83. The van der Waals surface area contributed by atoms with E-state index in [1.807, 2.05) is 0 Å². The number of benzene rings is 2. The molecule has 0 aromatic heterocycles. The first kappa shape index (κ1) is 24.9. The van der Waals surface area contributed by atoms with Gasteiger partial charge < -0.3 is 10.2 Å². The van der Waals surface area contributed by atoms with Crippen molar-refractivity contribution in [1.29, 1.82) is 0 Å². The summed E-state index contributed by atoms with van der Waals surface area (Å²) < 4.78 is 0. The number of urea groups is 1. The summed E-state index contributed by atoms with van der Waals surface area (Å²) in [5.41, 5.74) is 1.28. The minimum atomic E-state index is -0.912. The van der Waals surface area contributed by atoms with Gasteiger partial charge in [-0.15, -0.1) is 0 Å². The minimum Gasteiger partial charge on any atom is -0.508 e. The molecule has 0 aliphatic carbocycles. The Balaban J connectivity index is 1.54. The van der Waals surface area contributed by atoms with Crippen LogP contribution in [-0.4, -0.2) is 39.9 Å². The van der Waals surface area contributed by atoms with Crippen molar-refractivity contribution in [3.63, 3.8) is 0 Å². The average Bonchev–Trinajstić information content (AvgIpc) is 2.84. The van der Waals surface area contributed by atoms with Crippen LogP contribution >= 0.6 is 0 Å². The highest BCUT2D eigenvalue weighted by Crippen LogP contribution is 2.31. The van der Waals surface area contributed by atoms with Crippen molar-refractivity contribution < 1.29 is 34.2 Å². The first-order valence-electron chi connectivity index (χ1n) is 11.1. The molecule has 37 heavy (non-hydrogen) atoms. The molecule has 4 rings (SSSR count). The molecule has 10 heteroatoms. The monoisotopic (exact) mass is 499 g/mol. The Bertz CT molecular complexity index is 1430. The van der Waals surface area contributed by atoms with Gasteiger partial charge in [-0.2, -0.15) is 0 Å². The molecule has 2 aliphatic heterocycles. The van der Waals surface area contributed by atoms with Crippen LogP contribution in [0.1, 0.15) is 18.4 Å². The number of rotatable bonds is 5. The summed E-state index contributed by atoms with van der Waals surface area (Å²) in [6, 6.07) is 10.5. The van der Waals surface area contributed by atoms with E-state index in [0.717, 1.165) is 4.90 Å². The molecular formula is C27H21N3O7. The number of nitrogens with one attached hydrogen (secondary N) is 2. The Morgan fingerprint density at radius 3 is 2.05 bits per heavy atom. The molecule has 1 saturated heterocycles. The largest absolute Gasteiger partial charge is 0.508 e. The number of carbonyl (C=O) groups is 5. The number of imide groups is 3. The maximum Gasteiger partial charge on any atom is 0.335 e. The van der Waals surface area contributed by atoms with E-state index in [0.29, 0.717) is 11.1 Å². The van der Waals surface area contributed by atoms with Crippen LogP contribution in [0.3, 0.4) is 0 Å². The lowest BCUT2D eigenvalue weighted by molar-refractivity contribution is -0.130. The standard InChI is InChI=1S/C27H21N3O7/c1-15-20(23(33)28-25(35)22(15)16-7-11-18(31)12-8-16)5-3-2-4-6-21-24(34)29-27(37)30(26(21)36)17-9-13-19(32)14-10-17/h2-14,22,31-32H,1H3,(H,28,33,35)(H,29,34,37)/b4-2+,5-3+,21-6+. The lowest BCUT2D eigenvalue weighted by Gasteiger charge is -2.26. The quantitative estimate of drug-likeness (QED) is 0.213. The summed E-state index contributed by atoms with van der Waals surface area (Å²) in [5.74, 6) is -3.45. The third kappa shape index (κ3) is 5.08. The third-order valence-electron chi connectivity index (χ3n) is 5.79. The molecule has 1 atom stereocenters. The first-order chi connectivity index (χ1) is 17.7. The van der Waals surface area contributed by atoms with Gasteiger partial charge in [0.15, 0.2) is 0 Å². The number of barbiturate groups is 1. The van der Waals surface area contributed by atoms with Gasteiger partial charge in [-0.1, -0.05) is 30.4 Å². The van der Waals surface area contributed by atoms with Crippen molar-refractivity contribution in [2.24, 2.45) is 0 Å². The second-order valence-corrected chi connectivity index (χ2v) is 8.18. The fourth-order valence-electron chi connectivity index (χ4n) is 3.94. The van der Waals surface area contributed by atoms with Crippen LogP contribution in [0, 0.1) is 0 Å². The van der Waals surface area contributed by atoms with Crippen LogP contribution in [0.4, 0.5) is 10.5 Å². The maximum absolute atomic E-state index is 12.8. The zero-order chi connectivity index (χ0) is 26.7. The number of aromatic hydroxyl groups is 2. The van der Waals surface area contributed by atoms with E-state index in [1.54, 1.807) is 19.1 Å². The fraction of sp³-hybridized carbons (Fsp3) is 0.0741. The molecule has 0 bridgehead atoms. The van der Waals surface area contributed by atoms with Gasteiger partial charge in [0.1, 0.15) is 17.1 Å². The smallest absolute Gasteiger partial charge is 0.335 e. The predicted molar refractivity (Wildman–Crippen MR) is 132 cm³/mol. The molecule has 186 valence electrons. The summed E-state index contributed by atoms with van der Waals surface area (Å²) in [4.78, 5) is 62.8. The van der Waals surface area contributed by atoms with Crippen molar-refractivity contribution in [2.45, 2.75) is 12.8 Å². The number of nitrogens with zero attached hydrogens (tertiary/aromatic N) is 1. The molecule has 0 spiro atoms. The summed E-state index contributed by atoms with van der Waals surface area (Å²) in [7, 11) is 0. The number of allylic oxidation sites excluding steroid dienone is 4. The molecule has 10 nitrogen and oxygen atoms in total. The minimum absolute atomic E-state index is 0.0501. The van der Waals surface area contributed by atoms with Crippen LogP contribution in [0.5, 0.6) is 11.5 Å². The molecular weight excluding hydrogens is 478 g/mol. The Morgan fingerprint density at radius 1 is 0.784 bits per heavy atom. The van der Waals surface area contributed by atoms with E-state index >= 15 is 0 Å². The second kappa shape index (κ2) is 10.2. The Morgan fingerprint density at radius 2 is 1.41 bits per heavy atom. The summed E-state index contributed by atoms with van der Waals surface area (Å²) in [6.45, 7) is 1.67. The van der Waals surface area contributed by atoms with E-state index < -0.39 is 35.6 Å². The predicted octanol–water partition coefficient (Wildman–Crippen LogP) is 2.48. The molecule has 2 aromatic carbocycles. The van der Waals surface area contributed by atoms with Gasteiger partial charge in [0.25, 0.3) is 17.7 Å². The molecule has 4 N–H and O–H groups in total. The zero-order valence-electron chi connectivity index (χ0n) is 19.5. The van der Waals surface area contributed by atoms with Crippen molar-refractivity contribution in [3.05, 3.63) is 101 Å². The van der Waals surface area contributed by atoms with Gasteiger partial charge in [0.2, 0.25) is 5.91 Å². The number of phenolic OH excluding ortho intramolecular Hbond substituents is 2. The zero-order valence-corrected chi connectivity index (χ0v) is 19.5. The van der Waals surface area contributed by atoms with Gasteiger partial charge in [-0.05, 0) is 66.6 Å². The van der Waals surface area contributed by atoms with E-state index in [-0.39, 0.29) is 28.3 Å². The van der Waals surface area contributed by atoms with Gasteiger partial charge >= 0.3 is 6.03 Å². The highest BCUT2D eigenvalue weighted by atomic mass is 16.3. The average molecular weight is 499 g/mol. The maximum atomic E-state index is 12.8. The van der Waals surface area contributed by atoms with Crippen molar-refractivity contribution >= 4 is 35.3 Å². The van der Waals surface area contributed by atoms with Crippen molar-refractivity contribution in [3.8, 4) is 11.5 Å². The number of phenols is 2. The summed E-state index contributed by atoms with van der Waals surface area (Å²) >= 11 is 0. The van der Waals surface area contributed by atoms with Crippen LogP contribution < -0.4 is 15.5 Å². The van der Waals surface area contributed by atoms with Crippen LogP contribution in [0.15, 0.2) is 95.6 Å². The van der Waals surface area contributed by atoms with Gasteiger partial charge in [-0.25, -0.2) is 9.69 Å². The number of carbonyl (C=O) groups excluding carboxylic acids is 5. The number of hydrogen-bond donors (Lipinski definition) is 4. The SMILES string of the molecule is CC1=C(/C=C/C=C/C=C2\C(=O)NC(=O)N(c3ccc(O)cc3)C2=O)C(=O)NC(=O)C1c1ccc(O)cc1. The van der Waals surface area contributed by atoms with Gasteiger partial charge in [0.05, 0.1) is 11.6 Å². The lowest BCUT2D eigenvalue weighted by atomic mass is 9.85. The number of hydrogen-bond acceptors (Lipinski definition) is 7. The van der Waals surface area contributed by atoms with E-state index in [9.17, 15) is 34.2 Å². The van der Waals surface area contributed by atoms with E-state index in [2.05, 4.69) is 10.6 Å². The molecule has 2 heterocycles. The highest BCUT2D eigenvalue weighted by Gasteiger charge is 2.36. The van der Waals surface area contributed by atoms with Crippen LogP contribution in [-0.2, 0) is 19.2 Å². The van der Waals surface area contributed by atoms with Crippen molar-refractivity contribution in [2.75, 3.05) is 4.90 Å². The summed E-state index contributed by atoms with van der Waals surface area (Å²) in [6.07, 6.45) is 7.11. The molecule has 0 saturated carbocycles. The molecule has 0 radical (unpaired) electrons. The van der Waals surface area contributed by atoms with Crippen molar-refractivity contribution in [1.82, 2.24) is 10.6 Å². The van der Waals surface area contributed by atoms with E-state index in [1.165, 1.54) is 66.8 Å². The number of amides is 6. The summed E-state index contributed by atoms with van der Waals surface area (Å²) in [5, 5.41) is 23.3. The molecule has 1 fully saturated rings. The Labute approximate surface area is 210 Å². The first-order valence-corrected chi connectivity index (χ1v) is 11.1. The van der Waals surface area contributed by atoms with E-state index in [4.69, 9.17) is 0 Å². The molecule has 6 amide bonds. The normalized spacial score (nSPS) is 19.8.